The Morgan fingerprint density at radius 1 is 0.714 bits per heavy atom. The molecule has 0 bridgehead atoms. The van der Waals surface area contributed by atoms with Crippen molar-refractivity contribution in [3.05, 3.63) is 114 Å². The smallest absolute Gasteiger partial charge is 0.343 e. The van der Waals surface area contributed by atoms with Crippen molar-refractivity contribution in [2.45, 2.75) is 13.2 Å². The van der Waals surface area contributed by atoms with Crippen LogP contribution in [-0.2, 0) is 32.3 Å². The molecule has 178 valence electrons. The zero-order valence-corrected chi connectivity index (χ0v) is 18.5. The summed E-state index contributed by atoms with van der Waals surface area (Å²) in [7, 11) is 0. The van der Waals surface area contributed by atoms with Crippen LogP contribution in [0.2, 0.25) is 0 Å². The minimum Gasteiger partial charge on any atom is -0.458 e. The Labute approximate surface area is 200 Å². The van der Waals surface area contributed by atoms with Gasteiger partial charge in [0.25, 0.3) is 0 Å². The summed E-state index contributed by atoms with van der Waals surface area (Å²) >= 11 is 0. The minimum atomic E-state index is -1.37. The molecule has 0 aliphatic carbocycles. The molecule has 6 nitrogen and oxygen atoms in total. The van der Waals surface area contributed by atoms with Crippen molar-refractivity contribution in [3.8, 4) is 16.9 Å². The van der Waals surface area contributed by atoms with Crippen LogP contribution in [0, 0.1) is 11.6 Å². The van der Waals surface area contributed by atoms with E-state index in [-0.39, 0.29) is 17.7 Å². The molecular formula is C27H20F2O6. The lowest BCUT2D eigenvalue weighted by molar-refractivity contribution is -0.139. The van der Waals surface area contributed by atoms with E-state index in [1.165, 1.54) is 12.1 Å². The molecule has 0 saturated carbocycles. The lowest BCUT2D eigenvalue weighted by Crippen LogP contribution is -2.11. The van der Waals surface area contributed by atoms with Gasteiger partial charge in [-0.3, -0.25) is 0 Å². The standard InChI is InChI=1S/C27H20F2O6/c1-3-23(30)33-15-17-5-7-18(8-6-17)19-9-11-20(12-10-19)27(32)35-22-14-13-21(25(28)26(22)29)16-34-24(31)4-2/h3-14H,1-2,15-16H2. The van der Waals surface area contributed by atoms with Gasteiger partial charge < -0.3 is 14.2 Å². The predicted octanol–water partition coefficient (Wildman–Crippen LogP) is 5.31. The molecule has 0 amide bonds. The number of carbonyl (C=O) groups is 3. The van der Waals surface area contributed by atoms with Crippen LogP contribution in [0.3, 0.4) is 0 Å². The normalized spacial score (nSPS) is 10.2. The average molecular weight is 478 g/mol. The molecule has 0 unspecified atom stereocenters. The Balaban J connectivity index is 1.65. The van der Waals surface area contributed by atoms with Crippen LogP contribution in [0.15, 0.2) is 86.0 Å². The van der Waals surface area contributed by atoms with Crippen molar-refractivity contribution >= 4 is 17.9 Å². The lowest BCUT2D eigenvalue weighted by atomic mass is 10.0. The largest absolute Gasteiger partial charge is 0.458 e. The van der Waals surface area contributed by atoms with Crippen LogP contribution in [-0.4, -0.2) is 17.9 Å². The molecule has 0 saturated heterocycles. The third-order valence-corrected chi connectivity index (χ3v) is 4.82. The van der Waals surface area contributed by atoms with E-state index in [9.17, 15) is 23.2 Å². The number of halogens is 2. The Bertz CT molecular complexity index is 1260. The summed E-state index contributed by atoms with van der Waals surface area (Å²) < 4.78 is 43.2. The summed E-state index contributed by atoms with van der Waals surface area (Å²) in [5, 5.41) is 0. The number of ether oxygens (including phenoxy) is 3. The van der Waals surface area contributed by atoms with Gasteiger partial charge in [0, 0.05) is 17.7 Å². The highest BCUT2D eigenvalue weighted by Gasteiger charge is 2.19. The topological polar surface area (TPSA) is 78.9 Å². The van der Waals surface area contributed by atoms with E-state index in [2.05, 4.69) is 17.9 Å². The van der Waals surface area contributed by atoms with Crippen LogP contribution in [0.1, 0.15) is 21.5 Å². The molecule has 0 fully saturated rings. The van der Waals surface area contributed by atoms with Gasteiger partial charge in [0.05, 0.1) is 5.56 Å². The zero-order chi connectivity index (χ0) is 25.4. The van der Waals surface area contributed by atoms with Gasteiger partial charge in [-0.2, -0.15) is 4.39 Å². The fourth-order valence-electron chi connectivity index (χ4n) is 2.93. The van der Waals surface area contributed by atoms with E-state index in [0.717, 1.165) is 41.0 Å². The highest BCUT2D eigenvalue weighted by atomic mass is 19.2. The Morgan fingerprint density at radius 3 is 1.83 bits per heavy atom. The van der Waals surface area contributed by atoms with Crippen molar-refractivity contribution < 1.29 is 37.4 Å². The molecule has 0 atom stereocenters. The summed E-state index contributed by atoms with van der Waals surface area (Å²) in [5.74, 6) is -5.42. The summed E-state index contributed by atoms with van der Waals surface area (Å²) in [6.45, 7) is 6.17. The van der Waals surface area contributed by atoms with Crippen LogP contribution >= 0.6 is 0 Å². The Hall–Kier alpha value is -4.59. The quantitative estimate of drug-likeness (QED) is 0.236. The minimum absolute atomic E-state index is 0.119. The molecule has 0 aliphatic heterocycles. The van der Waals surface area contributed by atoms with Crippen molar-refractivity contribution in [2.24, 2.45) is 0 Å². The fraction of sp³-hybridized carbons (Fsp3) is 0.0741. The van der Waals surface area contributed by atoms with Crippen molar-refractivity contribution in [1.29, 1.82) is 0 Å². The van der Waals surface area contributed by atoms with Gasteiger partial charge in [-0.25, -0.2) is 18.8 Å². The molecule has 0 radical (unpaired) electrons. The van der Waals surface area contributed by atoms with E-state index in [0.29, 0.717) is 0 Å². The third kappa shape index (κ3) is 6.48. The van der Waals surface area contributed by atoms with E-state index < -0.39 is 41.9 Å². The maximum atomic E-state index is 14.3. The summed E-state index contributed by atoms with van der Waals surface area (Å²) in [5.41, 5.74) is 2.36. The van der Waals surface area contributed by atoms with Gasteiger partial charge in [0.1, 0.15) is 13.2 Å². The van der Waals surface area contributed by atoms with E-state index in [1.807, 2.05) is 12.1 Å². The third-order valence-electron chi connectivity index (χ3n) is 4.82. The van der Waals surface area contributed by atoms with E-state index >= 15 is 0 Å². The molecule has 3 rings (SSSR count). The lowest BCUT2D eigenvalue weighted by Gasteiger charge is -2.10. The van der Waals surface area contributed by atoms with Crippen molar-refractivity contribution in [2.75, 3.05) is 0 Å². The van der Waals surface area contributed by atoms with E-state index in [4.69, 9.17) is 9.47 Å². The Morgan fingerprint density at radius 2 is 1.26 bits per heavy atom. The van der Waals surface area contributed by atoms with Gasteiger partial charge in [-0.1, -0.05) is 49.6 Å². The fourth-order valence-corrected chi connectivity index (χ4v) is 2.93. The SMILES string of the molecule is C=CC(=O)OCc1ccc(-c2ccc(C(=O)Oc3ccc(COC(=O)C=C)c(F)c3F)cc2)cc1. The van der Waals surface area contributed by atoms with Crippen LogP contribution in [0.4, 0.5) is 8.78 Å². The maximum absolute atomic E-state index is 14.3. The summed E-state index contributed by atoms with van der Waals surface area (Å²) in [4.78, 5) is 34.7. The Kier molecular flexibility index (Phi) is 8.24. The molecule has 0 spiro atoms. The maximum Gasteiger partial charge on any atom is 0.343 e. The molecule has 3 aromatic rings. The van der Waals surface area contributed by atoms with Gasteiger partial charge >= 0.3 is 17.9 Å². The molecule has 35 heavy (non-hydrogen) atoms. The van der Waals surface area contributed by atoms with Crippen LogP contribution in [0.25, 0.3) is 11.1 Å². The first-order chi connectivity index (χ1) is 16.8. The highest BCUT2D eigenvalue weighted by molar-refractivity contribution is 5.91. The monoisotopic (exact) mass is 478 g/mol. The van der Waals surface area contributed by atoms with Gasteiger partial charge in [-0.15, -0.1) is 0 Å². The van der Waals surface area contributed by atoms with E-state index in [1.54, 1.807) is 24.3 Å². The zero-order valence-electron chi connectivity index (χ0n) is 18.5. The number of esters is 3. The highest BCUT2D eigenvalue weighted by Crippen LogP contribution is 2.25. The number of rotatable bonds is 9. The summed E-state index contributed by atoms with van der Waals surface area (Å²) in [6, 6.07) is 15.8. The second-order valence-electron chi connectivity index (χ2n) is 7.14. The number of hydrogen-bond donors (Lipinski definition) is 0. The predicted molar refractivity (Wildman–Crippen MR) is 123 cm³/mol. The first-order valence-electron chi connectivity index (χ1n) is 10.3. The molecule has 3 aromatic carbocycles. The molecule has 0 aliphatic rings. The van der Waals surface area contributed by atoms with Crippen LogP contribution < -0.4 is 4.74 Å². The number of benzene rings is 3. The van der Waals surface area contributed by atoms with Gasteiger partial charge in [0.2, 0.25) is 5.82 Å². The van der Waals surface area contributed by atoms with Gasteiger partial charge in [-0.05, 0) is 41.0 Å². The molecule has 8 heteroatoms. The number of carbonyl (C=O) groups excluding carboxylic acids is 3. The first kappa shape index (κ1) is 25.0. The van der Waals surface area contributed by atoms with Crippen molar-refractivity contribution in [1.82, 2.24) is 0 Å². The molecule has 0 N–H and O–H groups in total. The summed E-state index contributed by atoms with van der Waals surface area (Å²) in [6.07, 6.45) is 1.99. The van der Waals surface area contributed by atoms with Crippen LogP contribution in [0.5, 0.6) is 5.75 Å². The van der Waals surface area contributed by atoms with Crippen molar-refractivity contribution in [3.63, 3.8) is 0 Å². The average Bonchev–Trinajstić information content (AvgIpc) is 2.89. The number of hydrogen-bond acceptors (Lipinski definition) is 6. The molecule has 0 aromatic heterocycles. The second kappa shape index (κ2) is 11.5. The molecule has 0 heterocycles. The van der Waals surface area contributed by atoms with Gasteiger partial charge in [0.15, 0.2) is 11.6 Å². The second-order valence-corrected chi connectivity index (χ2v) is 7.14. The first-order valence-corrected chi connectivity index (χ1v) is 10.3. The molecular weight excluding hydrogens is 458 g/mol.